The third-order valence-electron chi connectivity index (χ3n) is 3.99. The minimum atomic E-state index is -0.755. The van der Waals surface area contributed by atoms with Gasteiger partial charge in [-0.1, -0.05) is 12.1 Å². The summed E-state index contributed by atoms with van der Waals surface area (Å²) >= 11 is 0. The highest BCUT2D eigenvalue weighted by Crippen LogP contribution is 2.35. The maximum Gasteiger partial charge on any atom is 0.347 e. The van der Waals surface area contributed by atoms with Gasteiger partial charge >= 0.3 is 5.97 Å². The predicted molar refractivity (Wildman–Crippen MR) is 99.1 cm³/mol. The first-order valence-electron chi connectivity index (χ1n) is 8.57. The van der Waals surface area contributed by atoms with Crippen LogP contribution in [0.3, 0.4) is 0 Å². The van der Waals surface area contributed by atoms with E-state index in [0.29, 0.717) is 17.1 Å². The first-order chi connectivity index (χ1) is 13.0. The molecule has 1 aliphatic heterocycles. The van der Waals surface area contributed by atoms with E-state index in [1.807, 2.05) is 24.3 Å². The summed E-state index contributed by atoms with van der Waals surface area (Å²) in [7, 11) is 1.59. The Morgan fingerprint density at radius 2 is 1.85 bits per heavy atom. The molecule has 0 N–H and O–H groups in total. The molecule has 0 radical (unpaired) electrons. The van der Waals surface area contributed by atoms with Gasteiger partial charge in [0.1, 0.15) is 17.2 Å². The van der Waals surface area contributed by atoms with E-state index in [0.717, 1.165) is 11.3 Å². The highest BCUT2D eigenvalue weighted by atomic mass is 16.6. The van der Waals surface area contributed by atoms with Crippen LogP contribution < -0.4 is 14.2 Å². The molecule has 0 unspecified atom stereocenters. The summed E-state index contributed by atoms with van der Waals surface area (Å²) in [6.07, 6.45) is 0.915. The second-order valence-corrected chi connectivity index (χ2v) is 5.88. The van der Waals surface area contributed by atoms with E-state index in [1.54, 1.807) is 45.2 Å². The molecular formula is C21H20O6. The lowest BCUT2D eigenvalue weighted by molar-refractivity contribution is -0.150. The zero-order valence-electron chi connectivity index (χ0n) is 15.4. The maximum absolute atomic E-state index is 12.5. The van der Waals surface area contributed by atoms with Gasteiger partial charge in [0.05, 0.1) is 19.3 Å². The third kappa shape index (κ3) is 4.11. The number of carbonyl (C=O) groups excluding carboxylic acids is 2. The number of ketones is 1. The molecule has 6 heteroatoms. The summed E-state index contributed by atoms with van der Waals surface area (Å²) in [5.74, 6) is 1.13. The van der Waals surface area contributed by atoms with Crippen molar-refractivity contribution in [3.05, 3.63) is 59.4 Å². The third-order valence-corrected chi connectivity index (χ3v) is 3.99. The van der Waals surface area contributed by atoms with Crippen LogP contribution >= 0.6 is 0 Å². The van der Waals surface area contributed by atoms with E-state index in [1.165, 1.54) is 0 Å². The van der Waals surface area contributed by atoms with Gasteiger partial charge < -0.3 is 18.9 Å². The number of rotatable bonds is 6. The Morgan fingerprint density at radius 1 is 1.15 bits per heavy atom. The molecule has 6 nitrogen and oxygen atoms in total. The molecule has 1 aliphatic rings. The van der Waals surface area contributed by atoms with Crippen LogP contribution in [0.5, 0.6) is 17.2 Å². The average Bonchev–Trinajstić information content (AvgIpc) is 2.97. The Morgan fingerprint density at radius 3 is 2.52 bits per heavy atom. The zero-order chi connectivity index (χ0) is 19.4. The fourth-order valence-corrected chi connectivity index (χ4v) is 2.60. The van der Waals surface area contributed by atoms with Gasteiger partial charge in [-0.05, 0) is 49.8 Å². The van der Waals surface area contributed by atoms with E-state index in [2.05, 4.69) is 0 Å². The summed E-state index contributed by atoms with van der Waals surface area (Å²) in [4.78, 5) is 24.2. The highest BCUT2D eigenvalue weighted by molar-refractivity contribution is 6.14. The number of benzene rings is 2. The predicted octanol–water partition coefficient (Wildman–Crippen LogP) is 3.64. The van der Waals surface area contributed by atoms with Gasteiger partial charge in [-0.3, -0.25) is 4.79 Å². The van der Waals surface area contributed by atoms with E-state index in [9.17, 15) is 9.59 Å². The lowest BCUT2D eigenvalue weighted by Gasteiger charge is -2.13. The number of ether oxygens (including phenoxy) is 4. The summed E-state index contributed by atoms with van der Waals surface area (Å²) in [6, 6.07) is 12.1. The van der Waals surface area contributed by atoms with Crippen LogP contribution in [-0.2, 0) is 9.53 Å². The molecule has 1 heterocycles. The largest absolute Gasteiger partial charge is 0.497 e. The molecule has 27 heavy (non-hydrogen) atoms. The Bertz CT molecular complexity index is 882. The van der Waals surface area contributed by atoms with Crippen LogP contribution in [0.2, 0.25) is 0 Å². The molecule has 0 amide bonds. The monoisotopic (exact) mass is 368 g/mol. The van der Waals surface area contributed by atoms with Gasteiger partial charge in [0.25, 0.3) is 0 Å². The normalized spacial score (nSPS) is 15.1. The van der Waals surface area contributed by atoms with Crippen molar-refractivity contribution >= 4 is 17.8 Å². The smallest absolute Gasteiger partial charge is 0.347 e. The molecule has 0 saturated heterocycles. The number of carbonyl (C=O) groups is 2. The number of allylic oxidation sites excluding steroid dienone is 1. The fraction of sp³-hybridized carbons (Fsp3) is 0.238. The van der Waals surface area contributed by atoms with E-state index < -0.39 is 12.1 Å². The number of esters is 1. The lowest BCUT2D eigenvalue weighted by atomic mass is 10.1. The molecule has 0 saturated carbocycles. The minimum Gasteiger partial charge on any atom is -0.497 e. The molecule has 0 spiro atoms. The lowest BCUT2D eigenvalue weighted by Crippen LogP contribution is -2.26. The molecule has 3 rings (SSSR count). The van der Waals surface area contributed by atoms with Crippen molar-refractivity contribution in [2.24, 2.45) is 0 Å². The molecule has 2 aromatic carbocycles. The zero-order valence-corrected chi connectivity index (χ0v) is 15.4. The molecular weight excluding hydrogens is 348 g/mol. The highest BCUT2D eigenvalue weighted by Gasteiger charge is 2.28. The van der Waals surface area contributed by atoms with Crippen molar-refractivity contribution in [3.8, 4) is 17.2 Å². The van der Waals surface area contributed by atoms with Crippen molar-refractivity contribution in [2.75, 3.05) is 13.7 Å². The van der Waals surface area contributed by atoms with Crippen molar-refractivity contribution in [2.45, 2.75) is 20.0 Å². The van der Waals surface area contributed by atoms with Crippen LogP contribution in [0, 0.1) is 0 Å². The molecule has 0 aromatic heterocycles. The van der Waals surface area contributed by atoms with Crippen LogP contribution in [-0.4, -0.2) is 31.6 Å². The number of Topliss-reactive ketones (excluding diaryl/α,β-unsaturated/α-hetero) is 1. The first-order valence-corrected chi connectivity index (χ1v) is 8.57. The van der Waals surface area contributed by atoms with Gasteiger partial charge in [0, 0.05) is 6.07 Å². The number of fused-ring (bicyclic) bond motifs is 1. The number of hydrogen-bond donors (Lipinski definition) is 0. The second-order valence-electron chi connectivity index (χ2n) is 5.88. The maximum atomic E-state index is 12.5. The Kier molecular flexibility index (Phi) is 5.45. The SMILES string of the molecule is CCOC(=O)[C@H](C)Oc1ccc2c(c1)O/C(=C\c1ccc(OC)cc1)C2=O. The van der Waals surface area contributed by atoms with Crippen molar-refractivity contribution in [1.82, 2.24) is 0 Å². The topological polar surface area (TPSA) is 71.1 Å². The first kappa shape index (κ1) is 18.5. The molecule has 140 valence electrons. The number of hydrogen-bond acceptors (Lipinski definition) is 6. The summed E-state index contributed by atoms with van der Waals surface area (Å²) in [5, 5.41) is 0. The fourth-order valence-electron chi connectivity index (χ4n) is 2.60. The second kappa shape index (κ2) is 7.95. The quantitative estimate of drug-likeness (QED) is 0.573. The molecule has 0 bridgehead atoms. The summed E-state index contributed by atoms with van der Waals surface area (Å²) in [5.41, 5.74) is 1.27. The van der Waals surface area contributed by atoms with Gasteiger partial charge in [0.15, 0.2) is 11.9 Å². The van der Waals surface area contributed by atoms with Crippen LogP contribution in [0.1, 0.15) is 29.8 Å². The van der Waals surface area contributed by atoms with E-state index in [4.69, 9.17) is 18.9 Å². The summed E-state index contributed by atoms with van der Waals surface area (Å²) < 4.78 is 21.3. The Balaban J connectivity index is 1.76. The standard InChI is InChI=1S/C21H20O6/c1-4-25-21(23)13(2)26-16-9-10-17-18(12-16)27-19(20(17)22)11-14-5-7-15(24-3)8-6-14/h5-13H,4H2,1-3H3/b19-11-/t13-/m0/s1. The van der Waals surface area contributed by atoms with Crippen LogP contribution in [0.15, 0.2) is 48.2 Å². The minimum absolute atomic E-state index is 0.203. The van der Waals surface area contributed by atoms with Gasteiger partial charge in [-0.15, -0.1) is 0 Å². The van der Waals surface area contributed by atoms with Crippen LogP contribution in [0.25, 0.3) is 6.08 Å². The van der Waals surface area contributed by atoms with Crippen molar-refractivity contribution < 1.29 is 28.5 Å². The van der Waals surface area contributed by atoms with E-state index in [-0.39, 0.29) is 18.1 Å². The van der Waals surface area contributed by atoms with Gasteiger partial charge in [-0.2, -0.15) is 0 Å². The van der Waals surface area contributed by atoms with Crippen molar-refractivity contribution in [3.63, 3.8) is 0 Å². The van der Waals surface area contributed by atoms with Crippen LogP contribution in [0.4, 0.5) is 0 Å². The Labute approximate surface area is 157 Å². The van der Waals surface area contributed by atoms with Gasteiger partial charge in [-0.25, -0.2) is 4.79 Å². The molecule has 2 aromatic rings. The average molecular weight is 368 g/mol. The Hall–Kier alpha value is -3.28. The summed E-state index contributed by atoms with van der Waals surface area (Å²) in [6.45, 7) is 3.62. The van der Waals surface area contributed by atoms with Gasteiger partial charge in [0.2, 0.25) is 5.78 Å². The van der Waals surface area contributed by atoms with Crippen molar-refractivity contribution in [1.29, 1.82) is 0 Å². The van der Waals surface area contributed by atoms with E-state index >= 15 is 0 Å². The molecule has 1 atom stereocenters. The molecule has 0 aliphatic carbocycles. The number of methoxy groups -OCH3 is 1. The molecule has 0 fully saturated rings.